The summed E-state index contributed by atoms with van der Waals surface area (Å²) >= 11 is 0. The van der Waals surface area contributed by atoms with Crippen molar-refractivity contribution < 1.29 is 9.53 Å². The molecule has 3 heterocycles. The monoisotopic (exact) mass is 407 g/mol. The molecule has 0 atom stereocenters. The number of hydrogen-bond acceptors (Lipinski definition) is 5. The van der Waals surface area contributed by atoms with E-state index in [1.165, 1.54) is 16.7 Å². The van der Waals surface area contributed by atoms with Crippen LogP contribution in [-0.4, -0.2) is 57.7 Å². The first kappa shape index (κ1) is 20.2. The zero-order valence-electron chi connectivity index (χ0n) is 18.1. The number of anilines is 1. The molecule has 158 valence electrons. The van der Waals surface area contributed by atoms with E-state index in [1.54, 1.807) is 11.2 Å². The Labute approximate surface area is 177 Å². The van der Waals surface area contributed by atoms with Crippen LogP contribution >= 0.6 is 0 Å². The van der Waals surface area contributed by atoms with Crippen LogP contribution in [0.3, 0.4) is 0 Å². The van der Waals surface area contributed by atoms with Crippen LogP contribution in [-0.2, 0) is 11.2 Å². The Kier molecular flexibility index (Phi) is 5.37. The van der Waals surface area contributed by atoms with Crippen molar-refractivity contribution in [3.8, 4) is 0 Å². The van der Waals surface area contributed by atoms with Crippen LogP contribution in [0.1, 0.15) is 37.5 Å². The maximum atomic E-state index is 12.4. The van der Waals surface area contributed by atoms with Gasteiger partial charge in [-0.15, -0.1) is 0 Å². The second-order valence-electron chi connectivity index (χ2n) is 8.79. The SMILES string of the molecule is Cc1ccccc1Cc1c[nH]c2ncnc(N3CCN(C(=O)OC(C)(C)C)CC3)c12. The third-order valence-electron chi connectivity index (χ3n) is 5.40. The number of aromatic amines is 1. The smallest absolute Gasteiger partial charge is 0.410 e. The number of benzene rings is 1. The molecule has 0 unspecified atom stereocenters. The van der Waals surface area contributed by atoms with Crippen LogP contribution in [0.4, 0.5) is 10.6 Å². The fourth-order valence-electron chi connectivity index (χ4n) is 3.83. The molecule has 0 bridgehead atoms. The summed E-state index contributed by atoms with van der Waals surface area (Å²) in [5.41, 5.74) is 4.12. The molecule has 1 aliphatic rings. The van der Waals surface area contributed by atoms with E-state index in [1.807, 2.05) is 27.0 Å². The molecule has 1 aliphatic heterocycles. The molecule has 1 aromatic carbocycles. The minimum Gasteiger partial charge on any atom is -0.444 e. The summed E-state index contributed by atoms with van der Waals surface area (Å²) in [5.74, 6) is 0.925. The summed E-state index contributed by atoms with van der Waals surface area (Å²) in [6.07, 6.45) is 4.21. The van der Waals surface area contributed by atoms with Gasteiger partial charge in [-0.1, -0.05) is 24.3 Å². The fourth-order valence-corrected chi connectivity index (χ4v) is 3.83. The zero-order chi connectivity index (χ0) is 21.3. The van der Waals surface area contributed by atoms with E-state index in [0.29, 0.717) is 26.2 Å². The normalized spacial score (nSPS) is 14.9. The van der Waals surface area contributed by atoms with Gasteiger partial charge in [-0.2, -0.15) is 0 Å². The van der Waals surface area contributed by atoms with Gasteiger partial charge in [0.2, 0.25) is 0 Å². The highest BCUT2D eigenvalue weighted by molar-refractivity contribution is 5.91. The maximum Gasteiger partial charge on any atom is 0.410 e. The maximum absolute atomic E-state index is 12.4. The predicted octanol–water partition coefficient (Wildman–Crippen LogP) is 3.91. The highest BCUT2D eigenvalue weighted by atomic mass is 16.6. The van der Waals surface area contributed by atoms with Gasteiger partial charge in [0.15, 0.2) is 0 Å². The van der Waals surface area contributed by atoms with Crippen molar-refractivity contribution in [1.29, 1.82) is 0 Å². The van der Waals surface area contributed by atoms with Crippen LogP contribution in [0.15, 0.2) is 36.8 Å². The van der Waals surface area contributed by atoms with Crippen LogP contribution < -0.4 is 4.90 Å². The molecule has 30 heavy (non-hydrogen) atoms. The number of fused-ring (bicyclic) bond motifs is 1. The van der Waals surface area contributed by atoms with Crippen molar-refractivity contribution in [2.45, 2.75) is 39.7 Å². The predicted molar refractivity (Wildman–Crippen MR) is 118 cm³/mol. The average Bonchev–Trinajstić information content (AvgIpc) is 3.12. The van der Waals surface area contributed by atoms with Gasteiger partial charge in [-0.3, -0.25) is 0 Å². The standard InChI is InChI=1S/C23H29N5O2/c1-16-7-5-6-8-17(16)13-18-14-24-20-19(18)21(26-15-25-20)27-9-11-28(12-10-27)22(29)30-23(2,3)4/h5-8,14-15H,9-13H2,1-4H3,(H,24,25,26). The van der Waals surface area contributed by atoms with E-state index in [4.69, 9.17) is 4.74 Å². The number of carbonyl (C=O) groups excluding carboxylic acids is 1. The van der Waals surface area contributed by atoms with Crippen LogP contribution in [0.5, 0.6) is 0 Å². The number of hydrogen-bond donors (Lipinski definition) is 1. The lowest BCUT2D eigenvalue weighted by atomic mass is 10.0. The molecule has 0 radical (unpaired) electrons. The number of aryl methyl sites for hydroxylation is 1. The van der Waals surface area contributed by atoms with E-state index >= 15 is 0 Å². The number of nitrogens with zero attached hydrogens (tertiary/aromatic N) is 4. The van der Waals surface area contributed by atoms with Gasteiger partial charge in [-0.05, 0) is 44.4 Å². The van der Waals surface area contributed by atoms with Crippen molar-refractivity contribution in [2.75, 3.05) is 31.1 Å². The fraction of sp³-hybridized carbons (Fsp3) is 0.435. The second-order valence-corrected chi connectivity index (χ2v) is 8.79. The van der Waals surface area contributed by atoms with Gasteiger partial charge in [0.05, 0.1) is 5.39 Å². The summed E-state index contributed by atoms with van der Waals surface area (Å²) in [4.78, 5) is 28.7. The zero-order valence-corrected chi connectivity index (χ0v) is 18.1. The minimum absolute atomic E-state index is 0.253. The molecule has 1 N–H and O–H groups in total. The lowest BCUT2D eigenvalue weighted by molar-refractivity contribution is 0.0240. The Morgan fingerprint density at radius 1 is 1.10 bits per heavy atom. The molecule has 1 amide bonds. The number of H-pyrrole nitrogens is 1. The Balaban J connectivity index is 1.55. The molecular formula is C23H29N5O2. The van der Waals surface area contributed by atoms with Crippen molar-refractivity contribution in [3.05, 3.63) is 53.5 Å². The summed E-state index contributed by atoms with van der Waals surface area (Å²) in [7, 11) is 0. The molecule has 7 heteroatoms. The summed E-state index contributed by atoms with van der Waals surface area (Å²) in [5, 5.41) is 1.06. The van der Waals surface area contributed by atoms with E-state index < -0.39 is 5.60 Å². The van der Waals surface area contributed by atoms with Crippen molar-refractivity contribution in [1.82, 2.24) is 19.9 Å². The van der Waals surface area contributed by atoms with Gasteiger partial charge in [0.25, 0.3) is 0 Å². The molecular weight excluding hydrogens is 378 g/mol. The number of nitrogens with one attached hydrogen (secondary N) is 1. The third-order valence-corrected chi connectivity index (χ3v) is 5.40. The Morgan fingerprint density at radius 2 is 1.83 bits per heavy atom. The van der Waals surface area contributed by atoms with Gasteiger partial charge in [-0.25, -0.2) is 14.8 Å². The number of ether oxygens (including phenoxy) is 1. The molecule has 0 spiro atoms. The lowest BCUT2D eigenvalue weighted by Gasteiger charge is -2.36. The number of amides is 1. The number of carbonyl (C=O) groups is 1. The second kappa shape index (κ2) is 7.97. The Hall–Kier alpha value is -3.09. The molecule has 1 fully saturated rings. The topological polar surface area (TPSA) is 74.4 Å². The third kappa shape index (κ3) is 4.25. The summed E-state index contributed by atoms with van der Waals surface area (Å²) in [6.45, 7) is 10.4. The van der Waals surface area contributed by atoms with Gasteiger partial charge >= 0.3 is 6.09 Å². The quantitative estimate of drug-likeness (QED) is 0.712. The number of rotatable bonds is 3. The molecule has 4 rings (SSSR count). The van der Waals surface area contributed by atoms with E-state index in [-0.39, 0.29) is 6.09 Å². The molecule has 3 aromatic rings. The van der Waals surface area contributed by atoms with Crippen molar-refractivity contribution in [3.63, 3.8) is 0 Å². The van der Waals surface area contributed by atoms with Crippen molar-refractivity contribution in [2.24, 2.45) is 0 Å². The number of aromatic nitrogens is 3. The molecule has 7 nitrogen and oxygen atoms in total. The first-order chi connectivity index (χ1) is 14.3. The highest BCUT2D eigenvalue weighted by Crippen LogP contribution is 2.29. The van der Waals surface area contributed by atoms with Gasteiger partial charge in [0.1, 0.15) is 23.4 Å². The molecule has 0 saturated carbocycles. The largest absolute Gasteiger partial charge is 0.444 e. The van der Waals surface area contributed by atoms with Crippen LogP contribution in [0.2, 0.25) is 0 Å². The van der Waals surface area contributed by atoms with Crippen LogP contribution in [0.25, 0.3) is 11.0 Å². The first-order valence-corrected chi connectivity index (χ1v) is 10.4. The first-order valence-electron chi connectivity index (χ1n) is 10.4. The highest BCUT2D eigenvalue weighted by Gasteiger charge is 2.27. The Morgan fingerprint density at radius 3 is 2.53 bits per heavy atom. The van der Waals surface area contributed by atoms with Gasteiger partial charge < -0.3 is 19.5 Å². The molecule has 2 aromatic heterocycles. The molecule has 0 aliphatic carbocycles. The average molecular weight is 408 g/mol. The molecule has 1 saturated heterocycles. The number of piperazine rings is 1. The van der Waals surface area contributed by atoms with E-state index in [0.717, 1.165) is 23.3 Å². The van der Waals surface area contributed by atoms with Gasteiger partial charge in [0, 0.05) is 38.8 Å². The summed E-state index contributed by atoms with van der Waals surface area (Å²) < 4.78 is 5.51. The van der Waals surface area contributed by atoms with Crippen LogP contribution in [0, 0.1) is 6.92 Å². The minimum atomic E-state index is -0.484. The lowest BCUT2D eigenvalue weighted by Crippen LogP contribution is -2.50. The Bertz CT molecular complexity index is 1050. The van der Waals surface area contributed by atoms with Crippen molar-refractivity contribution >= 4 is 22.9 Å². The van der Waals surface area contributed by atoms with E-state index in [9.17, 15) is 4.79 Å². The summed E-state index contributed by atoms with van der Waals surface area (Å²) in [6, 6.07) is 8.44. The van der Waals surface area contributed by atoms with E-state index in [2.05, 4.69) is 51.0 Å².